The number of benzene rings is 1. The Bertz CT molecular complexity index is 296. The van der Waals surface area contributed by atoms with Crippen molar-refractivity contribution in [2.45, 2.75) is 6.42 Å². The van der Waals surface area contributed by atoms with E-state index < -0.39 is 0 Å². The van der Waals surface area contributed by atoms with Gasteiger partial charge >= 0.3 is 0 Å². The first-order chi connectivity index (χ1) is 5.27. The van der Waals surface area contributed by atoms with Gasteiger partial charge in [0, 0.05) is 29.9 Å². The topological polar surface area (TPSA) is 52.5 Å². The number of rotatable bonds is 0. The molecule has 1 aromatic carbocycles. The highest BCUT2D eigenvalue weighted by atomic mass is 16.3. The molecule has 0 unspecified atom stereocenters. The second-order valence-corrected chi connectivity index (χ2v) is 2.67. The number of hydrogen-bond acceptors (Lipinski definition) is 3. The van der Waals surface area contributed by atoms with Gasteiger partial charge in [0.15, 0.2) is 0 Å². The van der Waals surface area contributed by atoms with Gasteiger partial charge in [0.25, 0.3) is 0 Å². The van der Waals surface area contributed by atoms with E-state index in [1.165, 1.54) is 6.07 Å². The van der Waals surface area contributed by atoms with E-state index >= 15 is 0 Å². The van der Waals surface area contributed by atoms with E-state index in [-0.39, 0.29) is 11.5 Å². The van der Waals surface area contributed by atoms with Gasteiger partial charge in [0.05, 0.1) is 0 Å². The van der Waals surface area contributed by atoms with Gasteiger partial charge in [-0.05, 0) is 6.42 Å². The molecule has 0 fully saturated rings. The fourth-order valence-electron chi connectivity index (χ4n) is 1.38. The Labute approximate surface area is 64.3 Å². The lowest BCUT2D eigenvalue weighted by Gasteiger charge is -2.02. The predicted octanol–water partition coefficient (Wildman–Crippen LogP) is 1.07. The average Bonchev–Trinajstić information content (AvgIpc) is 2.34. The summed E-state index contributed by atoms with van der Waals surface area (Å²) in [5.74, 6) is 0.292. The van der Waals surface area contributed by atoms with Gasteiger partial charge in [-0.3, -0.25) is 0 Å². The van der Waals surface area contributed by atoms with Crippen LogP contribution in [-0.4, -0.2) is 16.8 Å². The first-order valence-corrected chi connectivity index (χ1v) is 3.56. The molecule has 11 heavy (non-hydrogen) atoms. The molecule has 2 rings (SSSR count). The van der Waals surface area contributed by atoms with Gasteiger partial charge in [-0.15, -0.1) is 0 Å². The van der Waals surface area contributed by atoms with Crippen molar-refractivity contribution in [3.63, 3.8) is 0 Å². The van der Waals surface area contributed by atoms with Gasteiger partial charge in [-0.2, -0.15) is 0 Å². The van der Waals surface area contributed by atoms with Crippen LogP contribution >= 0.6 is 0 Å². The number of phenolic OH excluding ortho intramolecular Hbond substituents is 2. The summed E-state index contributed by atoms with van der Waals surface area (Å²) in [5, 5.41) is 21.5. The summed E-state index contributed by atoms with van der Waals surface area (Å²) in [6.07, 6.45) is 0.835. The molecule has 3 heteroatoms. The quantitative estimate of drug-likeness (QED) is 0.519. The largest absolute Gasteiger partial charge is 0.508 e. The van der Waals surface area contributed by atoms with Crippen molar-refractivity contribution in [2.75, 3.05) is 11.9 Å². The van der Waals surface area contributed by atoms with Crippen LogP contribution in [0.5, 0.6) is 11.5 Å². The standard InChI is InChI=1S/C8H9NO2/c10-5-3-7-6(1-2-9-7)8(11)4-5/h3-4,9-11H,1-2H2. The van der Waals surface area contributed by atoms with E-state index in [0.29, 0.717) is 0 Å². The molecule has 0 saturated heterocycles. The molecule has 1 heterocycles. The number of fused-ring (bicyclic) bond motifs is 1. The second kappa shape index (κ2) is 2.05. The maximum absolute atomic E-state index is 9.31. The number of anilines is 1. The van der Waals surface area contributed by atoms with Gasteiger partial charge in [-0.1, -0.05) is 0 Å². The number of hydrogen-bond donors (Lipinski definition) is 3. The van der Waals surface area contributed by atoms with Crippen molar-refractivity contribution in [3.8, 4) is 11.5 Å². The summed E-state index contributed by atoms with van der Waals surface area (Å²) in [7, 11) is 0. The zero-order chi connectivity index (χ0) is 7.84. The fraction of sp³-hybridized carbons (Fsp3) is 0.250. The zero-order valence-electron chi connectivity index (χ0n) is 5.96. The van der Waals surface area contributed by atoms with E-state index in [2.05, 4.69) is 5.32 Å². The minimum Gasteiger partial charge on any atom is -0.508 e. The Kier molecular flexibility index (Phi) is 1.18. The monoisotopic (exact) mass is 151 g/mol. The third kappa shape index (κ3) is 0.888. The van der Waals surface area contributed by atoms with Crippen molar-refractivity contribution in [2.24, 2.45) is 0 Å². The van der Waals surface area contributed by atoms with Crippen LogP contribution in [0.15, 0.2) is 12.1 Å². The van der Waals surface area contributed by atoms with Crippen LogP contribution < -0.4 is 5.32 Å². The summed E-state index contributed by atoms with van der Waals surface area (Å²) in [4.78, 5) is 0. The summed E-state index contributed by atoms with van der Waals surface area (Å²) in [6.45, 7) is 0.840. The Morgan fingerprint density at radius 1 is 1.27 bits per heavy atom. The van der Waals surface area contributed by atoms with Crippen LogP contribution in [0.3, 0.4) is 0 Å². The average molecular weight is 151 g/mol. The molecular weight excluding hydrogens is 142 g/mol. The van der Waals surface area contributed by atoms with Gasteiger partial charge in [-0.25, -0.2) is 0 Å². The van der Waals surface area contributed by atoms with Gasteiger partial charge < -0.3 is 15.5 Å². The molecule has 1 aromatic rings. The number of phenols is 2. The highest BCUT2D eigenvalue weighted by Crippen LogP contribution is 2.34. The highest BCUT2D eigenvalue weighted by molar-refractivity contribution is 5.63. The molecule has 3 N–H and O–H groups in total. The van der Waals surface area contributed by atoms with Gasteiger partial charge in [0.2, 0.25) is 0 Å². The van der Waals surface area contributed by atoms with E-state index in [4.69, 9.17) is 5.11 Å². The summed E-state index contributed by atoms with van der Waals surface area (Å²) in [5.41, 5.74) is 1.75. The molecule has 0 aromatic heterocycles. The predicted molar refractivity (Wildman–Crippen MR) is 42.0 cm³/mol. The lowest BCUT2D eigenvalue weighted by molar-refractivity contribution is 0.448. The van der Waals surface area contributed by atoms with Crippen LogP contribution in [0.2, 0.25) is 0 Å². The highest BCUT2D eigenvalue weighted by Gasteiger charge is 2.14. The van der Waals surface area contributed by atoms with Crippen molar-refractivity contribution >= 4 is 5.69 Å². The second-order valence-electron chi connectivity index (χ2n) is 2.67. The molecule has 0 spiro atoms. The molecule has 58 valence electrons. The normalized spacial score (nSPS) is 14.2. The Hall–Kier alpha value is -1.38. The van der Waals surface area contributed by atoms with Crippen LogP contribution in [0.25, 0.3) is 0 Å². The summed E-state index contributed by atoms with van der Waals surface area (Å²) >= 11 is 0. The van der Waals surface area contributed by atoms with E-state index in [1.54, 1.807) is 6.07 Å². The smallest absolute Gasteiger partial charge is 0.124 e. The van der Waals surface area contributed by atoms with Crippen LogP contribution in [0, 0.1) is 0 Å². The molecule has 0 aliphatic carbocycles. The first kappa shape index (κ1) is 6.34. The molecule has 0 atom stereocenters. The van der Waals surface area contributed by atoms with Crippen molar-refractivity contribution < 1.29 is 10.2 Å². The molecule has 0 bridgehead atoms. The van der Waals surface area contributed by atoms with Crippen LogP contribution in [0.1, 0.15) is 5.56 Å². The molecule has 0 saturated carbocycles. The van der Waals surface area contributed by atoms with Crippen molar-refractivity contribution in [1.82, 2.24) is 0 Å². The Balaban J connectivity index is 2.60. The molecule has 1 aliphatic rings. The maximum atomic E-state index is 9.31. The van der Waals surface area contributed by atoms with E-state index in [1.807, 2.05) is 0 Å². The number of nitrogens with one attached hydrogen (secondary N) is 1. The third-order valence-corrected chi connectivity index (χ3v) is 1.90. The molecular formula is C8H9NO2. The molecule has 1 aliphatic heterocycles. The Morgan fingerprint density at radius 2 is 2.09 bits per heavy atom. The van der Waals surface area contributed by atoms with Crippen LogP contribution in [-0.2, 0) is 6.42 Å². The third-order valence-electron chi connectivity index (χ3n) is 1.90. The van der Waals surface area contributed by atoms with E-state index in [9.17, 15) is 5.11 Å². The minimum absolute atomic E-state index is 0.107. The molecule has 0 radical (unpaired) electrons. The summed E-state index contributed by atoms with van der Waals surface area (Å²) < 4.78 is 0. The fourth-order valence-corrected chi connectivity index (χ4v) is 1.38. The van der Waals surface area contributed by atoms with Crippen LogP contribution in [0.4, 0.5) is 5.69 Å². The lowest BCUT2D eigenvalue weighted by Crippen LogP contribution is -1.90. The SMILES string of the molecule is Oc1cc(O)c2c(c1)NCC2. The molecule has 0 amide bonds. The minimum atomic E-state index is 0.107. The molecule has 3 nitrogen and oxygen atoms in total. The Morgan fingerprint density at radius 3 is 2.91 bits per heavy atom. The van der Waals surface area contributed by atoms with Gasteiger partial charge in [0.1, 0.15) is 11.5 Å². The lowest BCUT2D eigenvalue weighted by atomic mass is 10.1. The van der Waals surface area contributed by atoms with E-state index in [0.717, 1.165) is 24.2 Å². The summed E-state index contributed by atoms with van der Waals surface area (Å²) in [6, 6.07) is 2.99. The van der Waals surface area contributed by atoms with Crippen molar-refractivity contribution in [3.05, 3.63) is 17.7 Å². The van der Waals surface area contributed by atoms with Crippen molar-refractivity contribution in [1.29, 1.82) is 0 Å². The maximum Gasteiger partial charge on any atom is 0.124 e. The number of aromatic hydroxyl groups is 2. The first-order valence-electron chi connectivity index (χ1n) is 3.56. The zero-order valence-corrected chi connectivity index (χ0v) is 5.96.